The summed E-state index contributed by atoms with van der Waals surface area (Å²) in [5.74, 6) is 1.48. The number of nitrogens with one attached hydrogen (secondary N) is 1. The van der Waals surface area contributed by atoms with Crippen LogP contribution in [0, 0.1) is 6.92 Å². The Morgan fingerprint density at radius 1 is 1.04 bits per heavy atom. The molecule has 0 amide bonds. The molecule has 0 saturated heterocycles. The molecular formula is C19H25NO3. The average molecular weight is 315 g/mol. The van der Waals surface area contributed by atoms with E-state index in [4.69, 9.17) is 14.6 Å². The summed E-state index contributed by atoms with van der Waals surface area (Å²) >= 11 is 0. The van der Waals surface area contributed by atoms with Gasteiger partial charge in [0.05, 0.1) is 7.11 Å². The normalized spacial score (nSPS) is 10.6. The second kappa shape index (κ2) is 9.18. The van der Waals surface area contributed by atoms with Crippen LogP contribution in [0.15, 0.2) is 42.5 Å². The molecule has 4 nitrogen and oxygen atoms in total. The number of hydrogen-bond donors (Lipinski definition) is 2. The summed E-state index contributed by atoms with van der Waals surface area (Å²) < 4.78 is 11.3. The van der Waals surface area contributed by atoms with E-state index in [1.165, 1.54) is 5.56 Å². The number of methoxy groups -OCH3 is 1. The van der Waals surface area contributed by atoms with Crippen LogP contribution in [-0.4, -0.2) is 25.4 Å². The first-order chi connectivity index (χ1) is 11.2. The third-order valence-corrected chi connectivity index (χ3v) is 3.55. The molecule has 0 heterocycles. The van der Waals surface area contributed by atoms with Gasteiger partial charge >= 0.3 is 0 Å². The van der Waals surface area contributed by atoms with Gasteiger partial charge in [0.25, 0.3) is 0 Å². The van der Waals surface area contributed by atoms with Crippen LogP contribution in [-0.2, 0) is 13.2 Å². The van der Waals surface area contributed by atoms with E-state index in [2.05, 4.69) is 30.4 Å². The van der Waals surface area contributed by atoms with Crippen molar-refractivity contribution in [2.75, 3.05) is 20.3 Å². The number of aryl methyl sites for hydroxylation is 1. The molecule has 0 fully saturated rings. The van der Waals surface area contributed by atoms with Gasteiger partial charge in [0, 0.05) is 13.2 Å². The fourth-order valence-electron chi connectivity index (χ4n) is 2.34. The lowest BCUT2D eigenvalue weighted by molar-refractivity contribution is 0.283. The van der Waals surface area contributed by atoms with Gasteiger partial charge in [-0.15, -0.1) is 0 Å². The van der Waals surface area contributed by atoms with Crippen molar-refractivity contribution in [2.45, 2.75) is 26.5 Å². The van der Waals surface area contributed by atoms with Crippen molar-refractivity contribution in [3.8, 4) is 11.5 Å². The number of aliphatic hydroxyl groups is 1. The Hall–Kier alpha value is -2.04. The second-order valence-corrected chi connectivity index (χ2v) is 5.52. The molecule has 0 atom stereocenters. The molecule has 0 aliphatic heterocycles. The number of hydrogen-bond acceptors (Lipinski definition) is 4. The fourth-order valence-corrected chi connectivity index (χ4v) is 2.34. The van der Waals surface area contributed by atoms with Gasteiger partial charge in [0.15, 0.2) is 11.5 Å². The van der Waals surface area contributed by atoms with Crippen LogP contribution in [0.4, 0.5) is 0 Å². The summed E-state index contributed by atoms with van der Waals surface area (Å²) in [6.07, 6.45) is 0.759. The van der Waals surface area contributed by atoms with Gasteiger partial charge in [-0.3, -0.25) is 0 Å². The van der Waals surface area contributed by atoms with Crippen molar-refractivity contribution in [3.05, 3.63) is 59.2 Å². The Balaban J connectivity index is 1.96. The molecule has 23 heavy (non-hydrogen) atoms. The lowest BCUT2D eigenvalue weighted by Crippen LogP contribution is -2.15. The highest BCUT2D eigenvalue weighted by Crippen LogP contribution is 2.28. The highest BCUT2D eigenvalue weighted by molar-refractivity contribution is 5.43. The average Bonchev–Trinajstić information content (AvgIpc) is 2.57. The van der Waals surface area contributed by atoms with Gasteiger partial charge in [-0.05, 0) is 43.1 Å². The minimum atomic E-state index is 0.210. The molecule has 0 aliphatic carbocycles. The van der Waals surface area contributed by atoms with Gasteiger partial charge in [-0.1, -0.05) is 35.9 Å². The third-order valence-electron chi connectivity index (χ3n) is 3.55. The van der Waals surface area contributed by atoms with Crippen molar-refractivity contribution in [2.24, 2.45) is 0 Å². The number of benzene rings is 2. The molecule has 0 saturated carbocycles. The van der Waals surface area contributed by atoms with Crippen LogP contribution in [0.3, 0.4) is 0 Å². The summed E-state index contributed by atoms with van der Waals surface area (Å²) in [5, 5.41) is 12.1. The zero-order chi connectivity index (χ0) is 16.5. The molecule has 2 rings (SSSR count). The van der Waals surface area contributed by atoms with Gasteiger partial charge in [-0.2, -0.15) is 0 Å². The monoisotopic (exact) mass is 315 g/mol. The van der Waals surface area contributed by atoms with Gasteiger partial charge in [0.2, 0.25) is 0 Å². The molecule has 0 aromatic heterocycles. The molecule has 0 radical (unpaired) electrons. The summed E-state index contributed by atoms with van der Waals surface area (Å²) in [6.45, 7) is 4.34. The molecular weight excluding hydrogens is 290 g/mol. The van der Waals surface area contributed by atoms with Crippen molar-refractivity contribution >= 4 is 0 Å². The van der Waals surface area contributed by atoms with E-state index in [0.29, 0.717) is 6.61 Å². The first kappa shape index (κ1) is 17.3. The van der Waals surface area contributed by atoms with E-state index in [1.807, 2.05) is 24.3 Å². The summed E-state index contributed by atoms with van der Waals surface area (Å²) in [5.41, 5.74) is 3.49. The molecule has 124 valence electrons. The first-order valence-electron chi connectivity index (χ1n) is 7.90. The highest BCUT2D eigenvalue weighted by Gasteiger charge is 2.06. The Kier molecular flexibility index (Phi) is 6.91. The van der Waals surface area contributed by atoms with Crippen molar-refractivity contribution < 1.29 is 14.6 Å². The smallest absolute Gasteiger partial charge is 0.161 e. The molecule has 0 unspecified atom stereocenters. The molecule has 0 aliphatic rings. The number of ether oxygens (including phenoxy) is 2. The maximum Gasteiger partial charge on any atom is 0.161 e. The first-order valence-corrected chi connectivity index (χ1v) is 7.90. The van der Waals surface area contributed by atoms with Crippen molar-refractivity contribution in [3.63, 3.8) is 0 Å². The molecule has 2 aromatic rings. The SMILES string of the molecule is COc1cc(CNCCCO)ccc1OCc1cccc(C)c1. The highest BCUT2D eigenvalue weighted by atomic mass is 16.5. The van der Waals surface area contributed by atoms with Gasteiger partial charge in [-0.25, -0.2) is 0 Å². The Bertz CT molecular complexity index is 613. The van der Waals surface area contributed by atoms with Crippen LogP contribution >= 0.6 is 0 Å². The van der Waals surface area contributed by atoms with Crippen molar-refractivity contribution in [1.82, 2.24) is 5.32 Å². The lowest BCUT2D eigenvalue weighted by Gasteiger charge is -2.13. The zero-order valence-corrected chi connectivity index (χ0v) is 13.8. The van der Waals surface area contributed by atoms with E-state index in [-0.39, 0.29) is 6.61 Å². The number of rotatable bonds is 9. The van der Waals surface area contributed by atoms with E-state index in [9.17, 15) is 0 Å². The minimum Gasteiger partial charge on any atom is -0.493 e. The van der Waals surface area contributed by atoms with E-state index < -0.39 is 0 Å². The molecule has 4 heteroatoms. The van der Waals surface area contributed by atoms with Gasteiger partial charge < -0.3 is 19.9 Å². The fraction of sp³-hybridized carbons (Fsp3) is 0.368. The number of aliphatic hydroxyl groups excluding tert-OH is 1. The summed E-state index contributed by atoms with van der Waals surface area (Å²) in [6, 6.07) is 14.2. The van der Waals surface area contributed by atoms with E-state index in [1.54, 1.807) is 7.11 Å². The van der Waals surface area contributed by atoms with E-state index >= 15 is 0 Å². The van der Waals surface area contributed by atoms with Crippen LogP contribution in [0.2, 0.25) is 0 Å². The maximum atomic E-state index is 8.78. The third kappa shape index (κ3) is 5.58. The summed E-state index contributed by atoms with van der Waals surface area (Å²) in [7, 11) is 1.65. The second-order valence-electron chi connectivity index (χ2n) is 5.52. The quantitative estimate of drug-likeness (QED) is 0.698. The van der Waals surface area contributed by atoms with Crippen LogP contribution in [0.25, 0.3) is 0 Å². The largest absolute Gasteiger partial charge is 0.493 e. The standard InChI is InChI=1S/C19H25NO3/c1-15-5-3-6-17(11-15)14-23-18-8-7-16(12-19(18)22-2)13-20-9-4-10-21/h3,5-8,11-12,20-21H,4,9-10,13-14H2,1-2H3. The maximum absolute atomic E-state index is 8.78. The zero-order valence-electron chi connectivity index (χ0n) is 13.8. The Morgan fingerprint density at radius 3 is 2.65 bits per heavy atom. The van der Waals surface area contributed by atoms with Crippen LogP contribution in [0.1, 0.15) is 23.1 Å². The van der Waals surface area contributed by atoms with Gasteiger partial charge in [0.1, 0.15) is 6.61 Å². The van der Waals surface area contributed by atoms with Crippen LogP contribution in [0.5, 0.6) is 11.5 Å². The predicted octanol–water partition coefficient (Wildman–Crippen LogP) is 3.05. The predicted molar refractivity (Wildman–Crippen MR) is 91.9 cm³/mol. The minimum absolute atomic E-state index is 0.210. The molecule has 0 spiro atoms. The molecule has 2 N–H and O–H groups in total. The summed E-state index contributed by atoms with van der Waals surface area (Å²) in [4.78, 5) is 0. The topological polar surface area (TPSA) is 50.7 Å². The van der Waals surface area contributed by atoms with E-state index in [0.717, 1.165) is 42.1 Å². The molecule has 2 aromatic carbocycles. The molecule has 0 bridgehead atoms. The van der Waals surface area contributed by atoms with Crippen molar-refractivity contribution in [1.29, 1.82) is 0 Å². The Labute approximate surface area is 138 Å². The Morgan fingerprint density at radius 2 is 1.91 bits per heavy atom. The van der Waals surface area contributed by atoms with Crippen LogP contribution < -0.4 is 14.8 Å². The lowest BCUT2D eigenvalue weighted by atomic mass is 10.1.